The smallest absolute Gasteiger partial charge is 0.229 e. The Bertz CT molecular complexity index is 986. The van der Waals surface area contributed by atoms with Gasteiger partial charge >= 0.3 is 0 Å². The molecule has 0 saturated heterocycles. The van der Waals surface area contributed by atoms with Gasteiger partial charge in [0.1, 0.15) is 16.6 Å². The van der Waals surface area contributed by atoms with Crippen LogP contribution in [0.15, 0.2) is 18.2 Å². The first-order valence-corrected chi connectivity index (χ1v) is 10.4. The Morgan fingerprint density at radius 2 is 1.93 bits per heavy atom. The molecule has 29 heavy (non-hydrogen) atoms. The van der Waals surface area contributed by atoms with Crippen molar-refractivity contribution in [2.75, 3.05) is 19.5 Å². The summed E-state index contributed by atoms with van der Waals surface area (Å²) in [4.78, 5) is 13.9. The number of anilines is 1. The van der Waals surface area contributed by atoms with E-state index in [2.05, 4.69) is 44.4 Å². The molecule has 1 aliphatic rings. The van der Waals surface area contributed by atoms with Gasteiger partial charge in [-0.25, -0.2) is 0 Å². The first-order chi connectivity index (χ1) is 13.6. The number of hydrogen-bond donors (Lipinski definition) is 2. The number of carbonyl (C=O) groups excluding carboxylic acids is 1. The van der Waals surface area contributed by atoms with Crippen LogP contribution in [0.1, 0.15) is 49.3 Å². The molecule has 0 bridgehead atoms. The summed E-state index contributed by atoms with van der Waals surface area (Å²) in [6.07, 6.45) is 0.992. The van der Waals surface area contributed by atoms with Crippen LogP contribution in [0, 0.1) is 11.3 Å². The number of amides is 1. The lowest BCUT2D eigenvalue weighted by atomic mass is 9.81. The summed E-state index contributed by atoms with van der Waals surface area (Å²) in [6.45, 7) is 8.71. The zero-order chi connectivity index (χ0) is 21.4. The highest BCUT2D eigenvalue weighted by Crippen LogP contribution is 2.41. The Labute approximate surface area is 175 Å². The van der Waals surface area contributed by atoms with Gasteiger partial charge in [0.25, 0.3) is 0 Å². The molecule has 2 aromatic rings. The summed E-state index contributed by atoms with van der Waals surface area (Å²) in [7, 11) is 3.14. The molecule has 3 rings (SSSR count). The van der Waals surface area contributed by atoms with Crippen molar-refractivity contribution in [2.45, 2.75) is 51.6 Å². The van der Waals surface area contributed by atoms with Crippen molar-refractivity contribution in [3.8, 4) is 17.6 Å². The van der Waals surface area contributed by atoms with Gasteiger partial charge < -0.3 is 20.1 Å². The third-order valence-electron chi connectivity index (χ3n) is 5.15. The van der Waals surface area contributed by atoms with E-state index in [9.17, 15) is 10.1 Å². The fourth-order valence-corrected chi connectivity index (χ4v) is 5.52. The summed E-state index contributed by atoms with van der Waals surface area (Å²) < 4.78 is 10.6. The number of nitrogens with one attached hydrogen (secondary N) is 1. The van der Waals surface area contributed by atoms with E-state index in [0.29, 0.717) is 22.1 Å². The Kier molecular flexibility index (Phi) is 5.61. The van der Waals surface area contributed by atoms with Crippen LogP contribution in [0.5, 0.6) is 11.5 Å². The Morgan fingerprint density at radius 1 is 1.24 bits per heavy atom. The van der Waals surface area contributed by atoms with Gasteiger partial charge in [-0.1, -0.05) is 6.07 Å². The molecule has 3 N–H and O–H groups in total. The second-order valence-electron chi connectivity index (χ2n) is 8.67. The lowest BCUT2D eigenvalue weighted by Crippen LogP contribution is -3.03. The van der Waals surface area contributed by atoms with E-state index < -0.39 is 0 Å². The number of quaternary nitrogens is 1. The molecule has 0 atom stereocenters. The van der Waals surface area contributed by atoms with Gasteiger partial charge in [-0.3, -0.25) is 4.79 Å². The SMILES string of the molecule is COc1ccc(CC(=O)Nc2sc3c(c2C#N)CC(C)(C)[NH2+]C3(C)C)cc1OC. The monoisotopic (exact) mass is 414 g/mol. The van der Waals surface area contributed by atoms with Gasteiger partial charge in [0.15, 0.2) is 11.5 Å². The minimum atomic E-state index is -0.159. The van der Waals surface area contributed by atoms with E-state index in [1.54, 1.807) is 26.4 Å². The maximum absolute atomic E-state index is 12.7. The highest BCUT2D eigenvalue weighted by atomic mass is 32.1. The average Bonchev–Trinajstić information content (AvgIpc) is 2.97. The molecular weight excluding hydrogens is 386 g/mol. The number of fused-ring (bicyclic) bond motifs is 1. The highest BCUT2D eigenvalue weighted by molar-refractivity contribution is 7.16. The predicted octanol–water partition coefficient (Wildman–Crippen LogP) is 2.95. The predicted molar refractivity (Wildman–Crippen MR) is 114 cm³/mol. The molecule has 0 radical (unpaired) electrons. The summed E-state index contributed by atoms with van der Waals surface area (Å²) in [5, 5.41) is 15.7. The van der Waals surface area contributed by atoms with Crippen LogP contribution in [0.4, 0.5) is 5.00 Å². The largest absolute Gasteiger partial charge is 0.493 e. The summed E-state index contributed by atoms with van der Waals surface area (Å²) >= 11 is 1.52. The number of nitriles is 1. The molecule has 0 aliphatic carbocycles. The van der Waals surface area contributed by atoms with E-state index in [1.165, 1.54) is 11.3 Å². The van der Waals surface area contributed by atoms with Crippen molar-refractivity contribution in [2.24, 2.45) is 0 Å². The summed E-state index contributed by atoms with van der Waals surface area (Å²) in [5.74, 6) is 1.05. The van der Waals surface area contributed by atoms with Crippen LogP contribution in [0.3, 0.4) is 0 Å². The Hall–Kier alpha value is -2.56. The number of rotatable bonds is 5. The molecule has 0 saturated carbocycles. The molecule has 1 amide bonds. The minimum Gasteiger partial charge on any atom is -0.493 e. The van der Waals surface area contributed by atoms with Gasteiger partial charge in [-0.2, -0.15) is 5.26 Å². The summed E-state index contributed by atoms with van der Waals surface area (Å²) in [6, 6.07) is 7.75. The quantitative estimate of drug-likeness (QED) is 0.787. The van der Waals surface area contributed by atoms with Gasteiger partial charge in [0.2, 0.25) is 5.91 Å². The topological polar surface area (TPSA) is 88.0 Å². The Morgan fingerprint density at radius 3 is 2.55 bits per heavy atom. The van der Waals surface area contributed by atoms with E-state index >= 15 is 0 Å². The molecule has 154 valence electrons. The van der Waals surface area contributed by atoms with Crippen molar-refractivity contribution >= 4 is 22.2 Å². The molecule has 0 spiro atoms. The number of ether oxygens (including phenoxy) is 2. The molecule has 7 heteroatoms. The molecule has 0 unspecified atom stereocenters. The molecule has 1 aromatic heterocycles. The number of nitrogens with zero attached hydrogens (tertiary/aromatic N) is 1. The third-order valence-corrected chi connectivity index (χ3v) is 6.64. The van der Waals surface area contributed by atoms with Crippen molar-refractivity contribution in [3.05, 3.63) is 39.8 Å². The fourth-order valence-electron chi connectivity index (χ4n) is 4.26. The van der Waals surface area contributed by atoms with Crippen LogP contribution in [0.25, 0.3) is 0 Å². The van der Waals surface area contributed by atoms with Crippen LogP contribution in [0.2, 0.25) is 0 Å². The first kappa shape index (κ1) is 21.2. The lowest BCUT2D eigenvalue weighted by molar-refractivity contribution is -0.789. The first-order valence-electron chi connectivity index (χ1n) is 9.54. The summed E-state index contributed by atoms with van der Waals surface area (Å²) in [5.41, 5.74) is 2.34. The molecule has 0 fully saturated rings. The van der Waals surface area contributed by atoms with Crippen molar-refractivity contribution in [3.63, 3.8) is 0 Å². The van der Waals surface area contributed by atoms with Gasteiger partial charge in [0.05, 0.1) is 36.6 Å². The maximum Gasteiger partial charge on any atom is 0.229 e. The number of thiophene rings is 1. The lowest BCUT2D eigenvalue weighted by Gasteiger charge is -2.38. The molecule has 6 nitrogen and oxygen atoms in total. The second-order valence-corrected chi connectivity index (χ2v) is 9.69. The number of hydrogen-bond acceptors (Lipinski definition) is 5. The van der Waals surface area contributed by atoms with E-state index in [1.807, 2.05) is 6.07 Å². The van der Waals surface area contributed by atoms with Crippen molar-refractivity contribution in [1.29, 1.82) is 5.26 Å². The molecular formula is C22H28N3O3S+. The van der Waals surface area contributed by atoms with Crippen LogP contribution in [-0.2, 0) is 23.2 Å². The van der Waals surface area contributed by atoms with Crippen molar-refractivity contribution < 1.29 is 19.6 Å². The van der Waals surface area contributed by atoms with Crippen LogP contribution in [-0.4, -0.2) is 25.7 Å². The number of benzene rings is 1. The van der Waals surface area contributed by atoms with Gasteiger partial charge in [-0.05, 0) is 51.0 Å². The van der Waals surface area contributed by atoms with Gasteiger partial charge in [0, 0.05) is 6.42 Å². The third kappa shape index (κ3) is 4.24. The minimum absolute atomic E-state index is 0.00407. The Balaban J connectivity index is 1.85. The van der Waals surface area contributed by atoms with E-state index in [4.69, 9.17) is 9.47 Å². The standard InChI is InChI=1S/C22H27N3O3S/c1-21(2)11-14-15(12-23)20(29-19(14)22(3,4)25-21)24-18(26)10-13-7-8-16(27-5)17(9-13)28-6/h7-9,25H,10-11H2,1-6H3,(H,24,26)/p+1. The number of methoxy groups -OCH3 is 2. The number of carbonyl (C=O) groups is 1. The maximum atomic E-state index is 12.7. The van der Waals surface area contributed by atoms with Gasteiger partial charge in [-0.15, -0.1) is 11.3 Å². The second kappa shape index (κ2) is 7.69. The normalized spacial score (nSPS) is 16.4. The zero-order valence-electron chi connectivity index (χ0n) is 17.8. The molecule has 1 aromatic carbocycles. The van der Waals surface area contributed by atoms with Crippen molar-refractivity contribution in [1.82, 2.24) is 0 Å². The molecule has 2 heterocycles. The zero-order valence-corrected chi connectivity index (χ0v) is 18.6. The highest BCUT2D eigenvalue weighted by Gasteiger charge is 2.44. The fraction of sp³-hybridized carbons (Fsp3) is 0.455. The van der Waals surface area contributed by atoms with Crippen LogP contribution < -0.4 is 20.1 Å². The molecule has 1 aliphatic heterocycles. The van der Waals surface area contributed by atoms with E-state index in [-0.39, 0.29) is 23.4 Å². The van der Waals surface area contributed by atoms with Crippen LogP contribution >= 0.6 is 11.3 Å². The van der Waals surface area contributed by atoms with E-state index in [0.717, 1.165) is 22.4 Å². The average molecular weight is 415 g/mol. The number of nitrogens with two attached hydrogens (primary N) is 1.